The van der Waals surface area contributed by atoms with E-state index in [1.165, 1.54) is 24.4 Å². The van der Waals surface area contributed by atoms with Crippen LogP contribution in [-0.2, 0) is 10.0 Å². The summed E-state index contributed by atoms with van der Waals surface area (Å²) in [5.74, 6) is 0.0887. The number of phenolic OH excluding ortho intramolecular Hbond substituents is 1. The first-order chi connectivity index (χ1) is 11.3. The number of nitrogens with zero attached hydrogens (tertiary/aromatic N) is 1. The molecule has 0 saturated carbocycles. The minimum absolute atomic E-state index is 0.0887. The summed E-state index contributed by atoms with van der Waals surface area (Å²) < 4.78 is 28.7. The molecule has 1 aromatic heterocycles. The molecule has 5 nitrogen and oxygen atoms in total. The Morgan fingerprint density at radius 2 is 1.88 bits per heavy atom. The molecule has 0 unspecified atom stereocenters. The van der Waals surface area contributed by atoms with Crippen LogP contribution >= 0.6 is 27.3 Å². The van der Waals surface area contributed by atoms with Gasteiger partial charge in [0.2, 0.25) is 0 Å². The number of nitrogens with one attached hydrogen (secondary N) is 1. The third kappa shape index (κ3) is 3.61. The summed E-state index contributed by atoms with van der Waals surface area (Å²) in [6, 6.07) is 12.0. The molecule has 2 aromatic carbocycles. The Kier molecular flexibility index (Phi) is 4.62. The molecule has 0 bridgehead atoms. The summed E-state index contributed by atoms with van der Waals surface area (Å²) in [5.41, 5.74) is 1.91. The van der Waals surface area contributed by atoms with Crippen molar-refractivity contribution in [2.45, 2.75) is 11.1 Å². The van der Waals surface area contributed by atoms with Gasteiger partial charge in [0.25, 0.3) is 10.0 Å². The van der Waals surface area contributed by atoms with Gasteiger partial charge >= 0.3 is 0 Å². The number of aromatic nitrogens is 1. The van der Waals surface area contributed by atoms with Gasteiger partial charge in [0.15, 0.2) is 4.21 Å². The lowest BCUT2D eigenvalue weighted by Gasteiger charge is -2.09. The predicted molar refractivity (Wildman–Crippen MR) is 98.9 cm³/mol. The van der Waals surface area contributed by atoms with Crippen LogP contribution in [0.3, 0.4) is 0 Å². The van der Waals surface area contributed by atoms with Crippen molar-refractivity contribution < 1.29 is 13.5 Å². The lowest BCUT2D eigenvalue weighted by molar-refractivity contribution is 0.475. The molecule has 8 heteroatoms. The molecule has 0 aliphatic heterocycles. The maximum atomic E-state index is 12.5. The zero-order valence-electron chi connectivity index (χ0n) is 12.5. The van der Waals surface area contributed by atoms with Gasteiger partial charge in [0.05, 0.1) is 11.9 Å². The van der Waals surface area contributed by atoms with Crippen LogP contribution in [-0.4, -0.2) is 18.5 Å². The van der Waals surface area contributed by atoms with Crippen molar-refractivity contribution in [3.05, 3.63) is 58.7 Å². The van der Waals surface area contributed by atoms with E-state index in [9.17, 15) is 13.5 Å². The van der Waals surface area contributed by atoms with Gasteiger partial charge in [-0.25, -0.2) is 13.4 Å². The van der Waals surface area contributed by atoms with Crippen molar-refractivity contribution in [2.75, 3.05) is 4.72 Å². The second kappa shape index (κ2) is 6.54. The number of hydrogen-bond donors (Lipinski definition) is 2. The number of aromatic hydroxyl groups is 1. The third-order valence-corrected chi connectivity index (χ3v) is 6.70. The van der Waals surface area contributed by atoms with Crippen molar-refractivity contribution in [1.82, 2.24) is 4.98 Å². The Balaban J connectivity index is 1.89. The molecule has 0 spiro atoms. The fraction of sp³-hybridized carbons (Fsp3) is 0.0625. The van der Waals surface area contributed by atoms with E-state index < -0.39 is 10.0 Å². The van der Waals surface area contributed by atoms with Gasteiger partial charge < -0.3 is 5.11 Å². The minimum atomic E-state index is -3.73. The van der Waals surface area contributed by atoms with Crippen molar-refractivity contribution in [1.29, 1.82) is 0 Å². The number of anilines is 1. The van der Waals surface area contributed by atoms with Crippen LogP contribution in [0.15, 0.2) is 57.3 Å². The largest absolute Gasteiger partial charge is 0.508 e. The predicted octanol–water partition coefficient (Wildman–Crippen LogP) is 4.39. The van der Waals surface area contributed by atoms with Gasteiger partial charge in [0.1, 0.15) is 10.8 Å². The summed E-state index contributed by atoms with van der Waals surface area (Å²) in [7, 11) is -3.73. The molecule has 0 atom stereocenters. The summed E-state index contributed by atoms with van der Waals surface area (Å²) in [6.45, 7) is 1.72. The Morgan fingerprint density at radius 3 is 2.54 bits per heavy atom. The molecular formula is C16H13BrN2O3S2. The normalized spacial score (nSPS) is 11.4. The maximum absolute atomic E-state index is 12.5. The molecule has 124 valence electrons. The number of hydrogen-bond acceptors (Lipinski definition) is 5. The second-order valence-corrected chi connectivity index (χ2v) is 8.95. The Bertz CT molecular complexity index is 983. The number of aryl methyl sites for hydroxylation is 1. The molecule has 0 aliphatic rings. The minimum Gasteiger partial charge on any atom is -0.508 e. The second-order valence-electron chi connectivity index (χ2n) is 5.10. The number of rotatable bonds is 4. The van der Waals surface area contributed by atoms with E-state index in [1.807, 2.05) is 24.3 Å². The highest BCUT2D eigenvalue weighted by Crippen LogP contribution is 2.30. The van der Waals surface area contributed by atoms with Gasteiger partial charge in [-0.1, -0.05) is 28.1 Å². The molecule has 0 aliphatic carbocycles. The molecule has 0 amide bonds. The van der Waals surface area contributed by atoms with Crippen LogP contribution in [0.2, 0.25) is 0 Å². The maximum Gasteiger partial charge on any atom is 0.273 e. The van der Waals surface area contributed by atoms with Crippen molar-refractivity contribution in [2.24, 2.45) is 0 Å². The molecule has 3 aromatic rings. The topological polar surface area (TPSA) is 79.3 Å². The van der Waals surface area contributed by atoms with Gasteiger partial charge in [-0.3, -0.25) is 4.72 Å². The van der Waals surface area contributed by atoms with Gasteiger partial charge in [0, 0.05) is 10.0 Å². The SMILES string of the molecule is Cc1cc(O)ccc1NS(=O)(=O)c1cnc(-c2ccc(Br)cc2)s1. The zero-order valence-corrected chi connectivity index (χ0v) is 15.7. The van der Waals surface area contributed by atoms with E-state index >= 15 is 0 Å². The number of phenols is 1. The van der Waals surface area contributed by atoms with E-state index in [1.54, 1.807) is 6.92 Å². The first-order valence-electron chi connectivity index (χ1n) is 6.89. The van der Waals surface area contributed by atoms with Gasteiger partial charge in [-0.2, -0.15) is 0 Å². The smallest absolute Gasteiger partial charge is 0.273 e. The summed E-state index contributed by atoms with van der Waals surface area (Å²) in [4.78, 5) is 4.20. The monoisotopic (exact) mass is 424 g/mol. The number of halogens is 1. The van der Waals surface area contributed by atoms with E-state index in [0.29, 0.717) is 16.3 Å². The molecule has 3 rings (SSSR count). The quantitative estimate of drug-likeness (QED) is 0.608. The van der Waals surface area contributed by atoms with Crippen LogP contribution < -0.4 is 4.72 Å². The van der Waals surface area contributed by atoms with Crippen LogP contribution in [0.5, 0.6) is 5.75 Å². The van der Waals surface area contributed by atoms with E-state index in [-0.39, 0.29) is 9.96 Å². The highest BCUT2D eigenvalue weighted by Gasteiger charge is 2.19. The fourth-order valence-electron chi connectivity index (χ4n) is 2.07. The highest BCUT2D eigenvalue weighted by molar-refractivity contribution is 9.10. The van der Waals surface area contributed by atoms with Gasteiger partial charge in [-0.05, 0) is 42.8 Å². The van der Waals surface area contributed by atoms with Gasteiger partial charge in [-0.15, -0.1) is 11.3 Å². The highest BCUT2D eigenvalue weighted by atomic mass is 79.9. The molecule has 0 saturated heterocycles. The molecular weight excluding hydrogens is 412 g/mol. The average Bonchev–Trinajstić information content (AvgIpc) is 3.02. The average molecular weight is 425 g/mol. The number of thiazole rings is 1. The van der Waals surface area contributed by atoms with Crippen molar-refractivity contribution in [3.63, 3.8) is 0 Å². The van der Waals surface area contributed by atoms with Crippen LogP contribution in [0.1, 0.15) is 5.56 Å². The Morgan fingerprint density at radius 1 is 1.17 bits per heavy atom. The molecule has 24 heavy (non-hydrogen) atoms. The van der Waals surface area contributed by atoms with Crippen LogP contribution in [0.4, 0.5) is 5.69 Å². The first kappa shape index (κ1) is 16.9. The van der Waals surface area contributed by atoms with Crippen molar-refractivity contribution >= 4 is 43.0 Å². The van der Waals surface area contributed by atoms with E-state index in [2.05, 4.69) is 25.6 Å². The molecule has 1 heterocycles. The Hall–Kier alpha value is -1.90. The molecule has 0 radical (unpaired) electrons. The fourth-order valence-corrected chi connectivity index (χ4v) is 4.60. The lowest BCUT2D eigenvalue weighted by Crippen LogP contribution is -2.12. The van der Waals surface area contributed by atoms with Crippen LogP contribution in [0, 0.1) is 6.92 Å². The molecule has 0 fully saturated rings. The number of sulfonamides is 1. The first-order valence-corrected chi connectivity index (χ1v) is 9.98. The summed E-state index contributed by atoms with van der Waals surface area (Å²) in [6.07, 6.45) is 1.35. The lowest BCUT2D eigenvalue weighted by atomic mass is 10.2. The third-order valence-electron chi connectivity index (χ3n) is 3.29. The summed E-state index contributed by atoms with van der Waals surface area (Å²) >= 11 is 4.46. The number of benzene rings is 2. The summed E-state index contributed by atoms with van der Waals surface area (Å²) in [5, 5.41) is 10.0. The molecule has 2 N–H and O–H groups in total. The zero-order chi connectivity index (χ0) is 17.3. The standard InChI is InChI=1S/C16H13BrN2O3S2/c1-10-8-13(20)6-7-14(10)19-24(21,22)15-9-18-16(23-15)11-2-4-12(17)5-3-11/h2-9,19-20H,1H3. The van der Waals surface area contributed by atoms with Crippen molar-refractivity contribution in [3.8, 4) is 16.3 Å². The van der Waals surface area contributed by atoms with E-state index in [4.69, 9.17) is 0 Å². The Labute approximate surface area is 152 Å². The van der Waals surface area contributed by atoms with Crippen LogP contribution in [0.25, 0.3) is 10.6 Å². The van der Waals surface area contributed by atoms with E-state index in [0.717, 1.165) is 21.4 Å².